The van der Waals surface area contributed by atoms with E-state index in [2.05, 4.69) is 46.8 Å². The lowest BCUT2D eigenvalue weighted by Crippen LogP contribution is -2.43. The van der Waals surface area contributed by atoms with Crippen LogP contribution in [0.3, 0.4) is 0 Å². The van der Waals surface area contributed by atoms with Crippen LogP contribution in [0.1, 0.15) is 86.5 Å². The van der Waals surface area contributed by atoms with Gasteiger partial charge in [-0.25, -0.2) is 4.79 Å². The summed E-state index contributed by atoms with van der Waals surface area (Å²) in [7, 11) is 0. The molecule has 0 radical (unpaired) electrons. The molecule has 0 aliphatic heterocycles. The van der Waals surface area contributed by atoms with Gasteiger partial charge < -0.3 is 9.84 Å². The van der Waals surface area contributed by atoms with Gasteiger partial charge in [0.1, 0.15) is 11.7 Å². The Bertz CT molecular complexity index is 835. The maximum absolute atomic E-state index is 12.8. The van der Waals surface area contributed by atoms with E-state index in [0.717, 1.165) is 19.3 Å². The Balaban J connectivity index is 1.71. The van der Waals surface area contributed by atoms with Crippen molar-refractivity contribution in [3.05, 3.63) is 23.8 Å². The van der Waals surface area contributed by atoms with E-state index in [4.69, 9.17) is 4.74 Å². The van der Waals surface area contributed by atoms with Crippen molar-refractivity contribution >= 4 is 17.5 Å². The number of hydrogen-bond donors (Lipinski definition) is 1. The molecule has 33 heavy (non-hydrogen) atoms. The molecule has 0 spiro atoms. The number of hydrogen-bond acceptors (Lipinski definition) is 5. The van der Waals surface area contributed by atoms with E-state index in [0.29, 0.717) is 42.1 Å². The van der Waals surface area contributed by atoms with Crippen molar-refractivity contribution in [1.82, 2.24) is 0 Å². The second-order valence-electron chi connectivity index (χ2n) is 11.6. The molecule has 3 saturated carbocycles. The van der Waals surface area contributed by atoms with Crippen LogP contribution in [-0.2, 0) is 19.1 Å². The highest BCUT2D eigenvalue weighted by Gasteiger charge is 2.52. The number of carbonyl (C=O) groups is 3. The van der Waals surface area contributed by atoms with Crippen LogP contribution in [0.4, 0.5) is 0 Å². The number of rotatable bonds is 6. The summed E-state index contributed by atoms with van der Waals surface area (Å²) < 4.78 is 5.54. The first-order valence-corrected chi connectivity index (χ1v) is 12.7. The molecule has 0 heterocycles. The standard InChI is InChI=1S/C28H42O5/c1-17(2)18(3)7-8-19(4)22-9-10-23-21(24(29)12-13-27(22,23)5)16-26(31)33-20-11-14-28(6,32)25(30)15-20/h7-8,16-20,22-23,32H,9-15H2,1-6H3. The molecular weight excluding hydrogens is 416 g/mol. The molecule has 3 aliphatic rings. The van der Waals surface area contributed by atoms with Crippen LogP contribution in [0.15, 0.2) is 23.8 Å². The summed E-state index contributed by atoms with van der Waals surface area (Å²) in [6.07, 6.45) is 9.60. The van der Waals surface area contributed by atoms with E-state index >= 15 is 0 Å². The fourth-order valence-electron chi connectivity index (χ4n) is 6.14. The van der Waals surface area contributed by atoms with Gasteiger partial charge in [0.2, 0.25) is 0 Å². The van der Waals surface area contributed by atoms with Crippen molar-refractivity contribution in [1.29, 1.82) is 0 Å². The highest BCUT2D eigenvalue weighted by atomic mass is 16.5. The molecule has 1 N–H and O–H groups in total. The zero-order valence-electron chi connectivity index (χ0n) is 21.2. The van der Waals surface area contributed by atoms with E-state index in [1.165, 1.54) is 13.0 Å². The molecule has 0 bridgehead atoms. The summed E-state index contributed by atoms with van der Waals surface area (Å²) in [5, 5.41) is 10.0. The quantitative estimate of drug-likeness (QED) is 0.336. The Kier molecular flexibility index (Phi) is 7.72. The normalized spacial score (nSPS) is 38.1. The summed E-state index contributed by atoms with van der Waals surface area (Å²) in [6.45, 7) is 12.8. The van der Waals surface area contributed by atoms with Gasteiger partial charge in [-0.15, -0.1) is 0 Å². The summed E-state index contributed by atoms with van der Waals surface area (Å²) >= 11 is 0. The molecule has 0 amide bonds. The van der Waals surface area contributed by atoms with E-state index in [1.807, 2.05) is 0 Å². The molecule has 5 heteroatoms. The lowest BCUT2D eigenvalue weighted by Gasteiger charge is -2.43. The fourth-order valence-corrected chi connectivity index (χ4v) is 6.14. The maximum Gasteiger partial charge on any atom is 0.331 e. The number of fused-ring (bicyclic) bond motifs is 1. The monoisotopic (exact) mass is 458 g/mol. The molecule has 184 valence electrons. The number of ketones is 2. The van der Waals surface area contributed by atoms with Gasteiger partial charge in [0, 0.05) is 24.5 Å². The molecule has 0 saturated heterocycles. The molecule has 0 aromatic carbocycles. The Morgan fingerprint density at radius 2 is 1.76 bits per heavy atom. The van der Waals surface area contributed by atoms with Crippen LogP contribution in [0, 0.1) is 35.0 Å². The molecule has 7 unspecified atom stereocenters. The second kappa shape index (κ2) is 9.85. The third-order valence-electron chi connectivity index (χ3n) is 8.93. The van der Waals surface area contributed by atoms with Gasteiger partial charge in [0.05, 0.1) is 0 Å². The third kappa shape index (κ3) is 5.50. The molecule has 5 nitrogen and oxygen atoms in total. The minimum atomic E-state index is -1.33. The topological polar surface area (TPSA) is 80.7 Å². The summed E-state index contributed by atoms with van der Waals surface area (Å²) in [4.78, 5) is 37.6. The number of Topliss-reactive ketones (excluding diaryl/α,β-unsaturated/α-hetero) is 2. The van der Waals surface area contributed by atoms with E-state index in [1.54, 1.807) is 0 Å². The smallest absolute Gasteiger partial charge is 0.331 e. The first kappa shape index (κ1) is 25.9. The SMILES string of the molecule is CC(C)C(C)C=CC(C)C1CCC2C(=CC(=O)OC3CCC(C)(O)C(=O)C3)C(=O)CCC21C. The highest BCUT2D eigenvalue weighted by molar-refractivity contribution is 6.02. The zero-order valence-corrected chi connectivity index (χ0v) is 21.2. The van der Waals surface area contributed by atoms with Crippen molar-refractivity contribution in [3.8, 4) is 0 Å². The number of allylic oxidation sites excluding steroid dienone is 3. The summed E-state index contributed by atoms with van der Waals surface area (Å²) in [5.74, 6) is 1.33. The Hall–Kier alpha value is -1.75. The molecule has 0 aromatic rings. The predicted molar refractivity (Wildman–Crippen MR) is 128 cm³/mol. The van der Waals surface area contributed by atoms with Crippen LogP contribution >= 0.6 is 0 Å². The van der Waals surface area contributed by atoms with Crippen molar-refractivity contribution < 1.29 is 24.2 Å². The highest BCUT2D eigenvalue weighted by Crippen LogP contribution is 2.58. The molecule has 3 aliphatic carbocycles. The third-order valence-corrected chi connectivity index (χ3v) is 8.93. The van der Waals surface area contributed by atoms with Crippen LogP contribution < -0.4 is 0 Å². The number of carbonyl (C=O) groups excluding carboxylic acids is 3. The Labute approximate surface area is 199 Å². The van der Waals surface area contributed by atoms with Crippen LogP contribution in [0.2, 0.25) is 0 Å². The van der Waals surface area contributed by atoms with Crippen LogP contribution in [-0.4, -0.2) is 34.3 Å². The van der Waals surface area contributed by atoms with Gasteiger partial charge in [0.25, 0.3) is 0 Å². The van der Waals surface area contributed by atoms with Gasteiger partial charge in [-0.05, 0) is 74.0 Å². The maximum atomic E-state index is 12.8. The van der Waals surface area contributed by atoms with Crippen molar-refractivity contribution in [2.24, 2.45) is 35.0 Å². The average Bonchev–Trinajstić information content (AvgIpc) is 3.08. The zero-order chi connectivity index (χ0) is 24.6. The molecule has 7 atom stereocenters. The Morgan fingerprint density at radius 1 is 1.06 bits per heavy atom. The fraction of sp³-hybridized carbons (Fsp3) is 0.750. The van der Waals surface area contributed by atoms with Crippen LogP contribution in [0.25, 0.3) is 0 Å². The molecule has 0 aromatic heterocycles. The molecule has 3 rings (SSSR count). The average molecular weight is 459 g/mol. The molecule has 3 fully saturated rings. The minimum absolute atomic E-state index is 0.00957. The van der Waals surface area contributed by atoms with Gasteiger partial charge in [-0.1, -0.05) is 46.8 Å². The van der Waals surface area contributed by atoms with Crippen molar-refractivity contribution in [2.45, 2.75) is 98.2 Å². The Morgan fingerprint density at radius 3 is 2.39 bits per heavy atom. The van der Waals surface area contributed by atoms with E-state index in [-0.39, 0.29) is 35.7 Å². The summed E-state index contributed by atoms with van der Waals surface area (Å²) in [5.41, 5.74) is -0.735. The van der Waals surface area contributed by atoms with E-state index < -0.39 is 17.7 Å². The molecular formula is C28H42O5. The first-order valence-electron chi connectivity index (χ1n) is 12.7. The second-order valence-corrected chi connectivity index (χ2v) is 11.6. The number of ether oxygens (including phenoxy) is 1. The number of aliphatic hydroxyl groups is 1. The van der Waals surface area contributed by atoms with Crippen molar-refractivity contribution in [2.75, 3.05) is 0 Å². The van der Waals surface area contributed by atoms with Gasteiger partial charge in [-0.3, -0.25) is 9.59 Å². The summed E-state index contributed by atoms with van der Waals surface area (Å²) in [6, 6.07) is 0. The number of esters is 1. The van der Waals surface area contributed by atoms with Crippen LogP contribution in [0.5, 0.6) is 0 Å². The first-order chi connectivity index (χ1) is 15.3. The van der Waals surface area contributed by atoms with Gasteiger partial charge in [-0.2, -0.15) is 0 Å². The largest absolute Gasteiger partial charge is 0.459 e. The van der Waals surface area contributed by atoms with Gasteiger partial charge >= 0.3 is 5.97 Å². The lowest BCUT2D eigenvalue weighted by molar-refractivity contribution is -0.154. The van der Waals surface area contributed by atoms with E-state index in [9.17, 15) is 19.5 Å². The lowest BCUT2D eigenvalue weighted by atomic mass is 9.61. The van der Waals surface area contributed by atoms with Gasteiger partial charge in [0.15, 0.2) is 11.6 Å². The minimum Gasteiger partial charge on any atom is -0.459 e. The van der Waals surface area contributed by atoms with Crippen molar-refractivity contribution in [3.63, 3.8) is 0 Å². The predicted octanol–water partition coefficient (Wildman–Crippen LogP) is 5.21.